The molecule has 0 saturated heterocycles. The minimum absolute atomic E-state index is 0.173. The summed E-state index contributed by atoms with van der Waals surface area (Å²) in [6.07, 6.45) is 0. The summed E-state index contributed by atoms with van der Waals surface area (Å²) in [6.45, 7) is 1.09. The van der Waals surface area contributed by atoms with Gasteiger partial charge in [-0.3, -0.25) is 14.7 Å². The van der Waals surface area contributed by atoms with Crippen molar-refractivity contribution in [1.82, 2.24) is 4.90 Å². The summed E-state index contributed by atoms with van der Waals surface area (Å²) < 4.78 is 13.0. The monoisotopic (exact) mass is 382 g/mol. The maximum Gasteiger partial charge on any atom is 0.259 e. The van der Waals surface area contributed by atoms with Gasteiger partial charge in [0.25, 0.3) is 5.91 Å². The molecule has 0 radical (unpaired) electrons. The Labute approximate surface area is 153 Å². The van der Waals surface area contributed by atoms with Gasteiger partial charge in [-0.05, 0) is 42.0 Å². The van der Waals surface area contributed by atoms with Crippen molar-refractivity contribution >= 4 is 46.0 Å². The van der Waals surface area contributed by atoms with E-state index >= 15 is 0 Å². The van der Waals surface area contributed by atoms with E-state index in [0.29, 0.717) is 39.6 Å². The molecule has 0 bridgehead atoms. The van der Waals surface area contributed by atoms with Gasteiger partial charge in [0.05, 0.1) is 16.6 Å². The molecule has 2 aromatic rings. The second-order valence-electron chi connectivity index (χ2n) is 5.17. The topological polar surface area (TPSA) is 32.7 Å². The number of carbonyl (C=O) groups excluding carboxylic acids is 1. The molecule has 1 heterocycles. The molecule has 0 aromatic heterocycles. The van der Waals surface area contributed by atoms with Gasteiger partial charge in [-0.15, -0.1) is 0 Å². The Morgan fingerprint density at radius 1 is 1.17 bits per heavy atom. The van der Waals surface area contributed by atoms with E-state index in [1.54, 1.807) is 17.0 Å². The third-order valence-corrected chi connectivity index (χ3v) is 5.31. The lowest BCUT2D eigenvalue weighted by Crippen LogP contribution is -2.32. The molecule has 0 spiro atoms. The van der Waals surface area contributed by atoms with Gasteiger partial charge < -0.3 is 0 Å². The Balaban J connectivity index is 1.68. The number of amides is 1. The molecule has 1 aliphatic heterocycles. The predicted molar refractivity (Wildman–Crippen MR) is 97.5 cm³/mol. The standard InChI is InChI=1S/C17H13Cl2FN2OS/c18-14-6-1-11(9-15(14)19)10-24-17-21-7-8-22(17)16(23)12-2-4-13(20)5-3-12/h1-6,9H,7-8,10H2. The first-order valence-corrected chi connectivity index (χ1v) is 8.97. The van der Waals surface area contributed by atoms with Crippen LogP contribution in [0.5, 0.6) is 0 Å². The Morgan fingerprint density at radius 2 is 1.92 bits per heavy atom. The Kier molecular flexibility index (Phi) is 5.43. The molecule has 1 amide bonds. The van der Waals surface area contributed by atoms with Gasteiger partial charge >= 0.3 is 0 Å². The van der Waals surface area contributed by atoms with Crippen LogP contribution in [0.1, 0.15) is 15.9 Å². The maximum atomic E-state index is 13.0. The van der Waals surface area contributed by atoms with Gasteiger partial charge in [-0.1, -0.05) is 41.0 Å². The number of hydrogen-bond donors (Lipinski definition) is 0. The molecule has 124 valence electrons. The molecule has 0 atom stereocenters. The average molecular weight is 383 g/mol. The first-order chi connectivity index (χ1) is 11.5. The fourth-order valence-electron chi connectivity index (χ4n) is 2.26. The molecule has 2 aromatic carbocycles. The van der Waals surface area contributed by atoms with Crippen molar-refractivity contribution in [1.29, 1.82) is 0 Å². The van der Waals surface area contributed by atoms with Crippen molar-refractivity contribution in [3.8, 4) is 0 Å². The number of hydrogen-bond acceptors (Lipinski definition) is 3. The first kappa shape index (κ1) is 17.3. The summed E-state index contributed by atoms with van der Waals surface area (Å²) in [5.41, 5.74) is 1.44. The predicted octanol–water partition coefficient (Wildman–Crippen LogP) is 4.88. The lowest BCUT2D eigenvalue weighted by atomic mass is 10.2. The second-order valence-corrected chi connectivity index (χ2v) is 6.92. The molecule has 0 fully saturated rings. The Hall–Kier alpha value is -1.56. The second kappa shape index (κ2) is 7.55. The average Bonchev–Trinajstić information content (AvgIpc) is 3.04. The fraction of sp³-hybridized carbons (Fsp3) is 0.176. The quantitative estimate of drug-likeness (QED) is 0.757. The van der Waals surface area contributed by atoms with E-state index in [1.165, 1.54) is 36.0 Å². The summed E-state index contributed by atoms with van der Waals surface area (Å²) in [7, 11) is 0. The molecule has 0 saturated carbocycles. The number of halogens is 3. The van der Waals surface area contributed by atoms with Crippen LogP contribution in [-0.4, -0.2) is 29.1 Å². The van der Waals surface area contributed by atoms with Crippen LogP contribution in [-0.2, 0) is 5.75 Å². The minimum atomic E-state index is -0.365. The van der Waals surface area contributed by atoms with Crippen LogP contribution in [0.3, 0.4) is 0 Å². The van der Waals surface area contributed by atoms with Crippen LogP contribution >= 0.6 is 35.0 Å². The number of benzene rings is 2. The molecule has 0 N–H and O–H groups in total. The molecule has 1 aliphatic rings. The van der Waals surface area contributed by atoms with Crippen molar-refractivity contribution in [3.05, 3.63) is 69.5 Å². The summed E-state index contributed by atoms with van der Waals surface area (Å²) in [5.74, 6) is 0.0897. The molecule has 3 nitrogen and oxygen atoms in total. The summed E-state index contributed by atoms with van der Waals surface area (Å²) in [5, 5.41) is 1.68. The smallest absolute Gasteiger partial charge is 0.259 e. The third-order valence-electron chi connectivity index (χ3n) is 3.49. The number of amidine groups is 1. The van der Waals surface area contributed by atoms with E-state index in [2.05, 4.69) is 4.99 Å². The molecule has 7 heteroatoms. The van der Waals surface area contributed by atoms with E-state index < -0.39 is 0 Å². The van der Waals surface area contributed by atoms with Crippen molar-refractivity contribution < 1.29 is 9.18 Å². The molecule has 0 unspecified atom stereocenters. The summed E-state index contributed by atoms with van der Waals surface area (Å²) >= 11 is 13.4. The third kappa shape index (κ3) is 3.91. The normalized spacial score (nSPS) is 14.0. The Morgan fingerprint density at radius 3 is 2.62 bits per heavy atom. The van der Waals surface area contributed by atoms with Crippen LogP contribution in [0, 0.1) is 5.82 Å². The SMILES string of the molecule is O=C(c1ccc(F)cc1)N1CCN=C1SCc1ccc(Cl)c(Cl)c1. The molecular formula is C17H13Cl2FN2OS. The largest absolute Gasteiger partial charge is 0.286 e. The number of carbonyl (C=O) groups is 1. The summed E-state index contributed by atoms with van der Waals surface area (Å²) in [4.78, 5) is 18.6. The lowest BCUT2D eigenvalue weighted by molar-refractivity contribution is 0.0860. The van der Waals surface area contributed by atoms with Crippen molar-refractivity contribution in [2.45, 2.75) is 5.75 Å². The molecular weight excluding hydrogens is 370 g/mol. The highest BCUT2D eigenvalue weighted by Gasteiger charge is 2.25. The molecule has 0 aliphatic carbocycles. The van der Waals surface area contributed by atoms with Gasteiger partial charge in [0.1, 0.15) is 5.82 Å². The number of aliphatic imine (C=N–C) groups is 1. The van der Waals surface area contributed by atoms with Crippen LogP contribution in [0.4, 0.5) is 4.39 Å². The molecule has 24 heavy (non-hydrogen) atoms. The van der Waals surface area contributed by atoms with Crippen molar-refractivity contribution in [3.63, 3.8) is 0 Å². The van der Waals surface area contributed by atoms with E-state index in [-0.39, 0.29) is 11.7 Å². The fourth-order valence-corrected chi connectivity index (χ4v) is 3.57. The summed E-state index contributed by atoms with van der Waals surface area (Å²) in [6, 6.07) is 11.0. The van der Waals surface area contributed by atoms with Crippen LogP contribution < -0.4 is 0 Å². The van der Waals surface area contributed by atoms with Crippen LogP contribution in [0.25, 0.3) is 0 Å². The van der Waals surface area contributed by atoms with Gasteiger partial charge in [0, 0.05) is 17.9 Å². The zero-order valence-corrected chi connectivity index (χ0v) is 14.8. The zero-order valence-electron chi connectivity index (χ0n) is 12.5. The number of rotatable bonds is 3. The van der Waals surface area contributed by atoms with Gasteiger partial charge in [-0.25, -0.2) is 4.39 Å². The van der Waals surface area contributed by atoms with Crippen molar-refractivity contribution in [2.75, 3.05) is 13.1 Å². The Bertz CT molecular complexity index is 796. The van der Waals surface area contributed by atoms with Gasteiger partial charge in [-0.2, -0.15) is 0 Å². The van der Waals surface area contributed by atoms with E-state index in [4.69, 9.17) is 23.2 Å². The minimum Gasteiger partial charge on any atom is -0.286 e. The van der Waals surface area contributed by atoms with Crippen LogP contribution in [0.15, 0.2) is 47.5 Å². The highest BCUT2D eigenvalue weighted by Crippen LogP contribution is 2.26. The zero-order chi connectivity index (χ0) is 17.1. The molecule has 3 rings (SSSR count). The van der Waals surface area contributed by atoms with E-state index in [0.717, 1.165) is 5.56 Å². The highest BCUT2D eigenvalue weighted by atomic mass is 35.5. The number of nitrogens with zero attached hydrogens (tertiary/aromatic N) is 2. The van der Waals surface area contributed by atoms with Gasteiger partial charge in [0.2, 0.25) is 0 Å². The van der Waals surface area contributed by atoms with Crippen LogP contribution in [0.2, 0.25) is 10.0 Å². The highest BCUT2D eigenvalue weighted by molar-refractivity contribution is 8.13. The lowest BCUT2D eigenvalue weighted by Gasteiger charge is -2.18. The van der Waals surface area contributed by atoms with Crippen molar-refractivity contribution in [2.24, 2.45) is 4.99 Å². The first-order valence-electron chi connectivity index (χ1n) is 7.23. The number of thioether (sulfide) groups is 1. The van der Waals surface area contributed by atoms with Gasteiger partial charge in [0.15, 0.2) is 5.17 Å². The van der Waals surface area contributed by atoms with E-state index in [9.17, 15) is 9.18 Å². The van der Waals surface area contributed by atoms with E-state index in [1.807, 2.05) is 6.07 Å². The maximum absolute atomic E-state index is 13.0.